The molecule has 2 aromatic heterocycles. The minimum absolute atomic E-state index is 0.190. The molecule has 8 nitrogen and oxygen atoms in total. The number of hydrogen-bond acceptors (Lipinski definition) is 7. The number of hydrogen-bond donors (Lipinski definition) is 1. The monoisotopic (exact) mass is 435 g/mol. The number of aromatic nitrogens is 2. The molecule has 0 saturated heterocycles. The van der Waals surface area contributed by atoms with E-state index in [-0.39, 0.29) is 11.6 Å². The number of fused-ring (bicyclic) bond motifs is 1. The molecular weight excluding hydrogens is 410 g/mol. The van der Waals surface area contributed by atoms with Crippen molar-refractivity contribution < 1.29 is 23.3 Å². The van der Waals surface area contributed by atoms with Crippen molar-refractivity contribution in [3.8, 4) is 22.8 Å². The normalized spacial score (nSPS) is 11.0. The Morgan fingerprint density at radius 1 is 1.00 bits per heavy atom. The summed E-state index contributed by atoms with van der Waals surface area (Å²) in [5.41, 5.74) is 3.66. The first-order valence-electron chi connectivity index (χ1n) is 10.6. The van der Waals surface area contributed by atoms with Crippen molar-refractivity contribution in [2.24, 2.45) is 0 Å². The number of furan rings is 1. The number of amides is 1. The number of ether oxygens (including phenoxy) is 2. The van der Waals surface area contributed by atoms with E-state index >= 15 is 0 Å². The lowest BCUT2D eigenvalue weighted by Crippen LogP contribution is -2.13. The molecule has 2 heterocycles. The summed E-state index contributed by atoms with van der Waals surface area (Å²) < 4.78 is 22.0. The summed E-state index contributed by atoms with van der Waals surface area (Å²) in [6.45, 7) is 8.75. The third kappa shape index (κ3) is 4.03. The van der Waals surface area contributed by atoms with Gasteiger partial charge in [0, 0.05) is 16.5 Å². The highest BCUT2D eigenvalue weighted by atomic mass is 16.6. The van der Waals surface area contributed by atoms with Gasteiger partial charge in [0.2, 0.25) is 5.82 Å². The summed E-state index contributed by atoms with van der Waals surface area (Å²) in [6.07, 6.45) is 0.905. The number of anilines is 1. The molecule has 4 aromatic rings. The van der Waals surface area contributed by atoms with E-state index in [0.717, 1.165) is 17.4 Å². The topological polar surface area (TPSA) is 99.6 Å². The molecule has 32 heavy (non-hydrogen) atoms. The minimum Gasteiger partial charge on any atom is -0.490 e. The molecule has 0 spiro atoms. The molecular formula is C24H25N3O5. The van der Waals surface area contributed by atoms with Crippen molar-refractivity contribution in [1.82, 2.24) is 10.3 Å². The van der Waals surface area contributed by atoms with Crippen LogP contribution in [0.25, 0.3) is 22.2 Å². The Balaban J connectivity index is 1.63. The van der Waals surface area contributed by atoms with E-state index in [2.05, 4.69) is 22.6 Å². The maximum absolute atomic E-state index is 13.0. The van der Waals surface area contributed by atoms with Crippen molar-refractivity contribution >= 4 is 22.7 Å². The molecule has 0 unspecified atom stereocenters. The van der Waals surface area contributed by atoms with Crippen LogP contribution >= 0.6 is 0 Å². The zero-order valence-electron chi connectivity index (χ0n) is 18.5. The lowest BCUT2D eigenvalue weighted by atomic mass is 10.1. The molecule has 0 aliphatic carbocycles. The number of rotatable bonds is 8. The molecule has 0 bridgehead atoms. The van der Waals surface area contributed by atoms with Crippen molar-refractivity contribution in [1.29, 1.82) is 0 Å². The Labute approximate surface area is 185 Å². The largest absolute Gasteiger partial charge is 0.490 e. The van der Waals surface area contributed by atoms with Crippen molar-refractivity contribution in [3.05, 3.63) is 53.3 Å². The average molecular weight is 435 g/mol. The summed E-state index contributed by atoms with van der Waals surface area (Å²) in [6, 6.07) is 11.3. The number of carbonyl (C=O) groups excluding carboxylic acids is 1. The standard InChI is InChI=1S/C24H25N3O5/c1-5-15-8-10-18-17(12-15)14(4)22(31-18)24(28)25-23-21(26-32-27-23)16-9-11-19(29-6-2)20(13-16)30-7-3/h8-13H,5-7H2,1-4H3,(H,25,27,28). The highest BCUT2D eigenvalue weighted by molar-refractivity contribution is 6.07. The van der Waals surface area contributed by atoms with Crippen LogP contribution in [0.5, 0.6) is 11.5 Å². The summed E-state index contributed by atoms with van der Waals surface area (Å²) in [5, 5.41) is 11.5. The van der Waals surface area contributed by atoms with Crippen LogP contribution in [0.15, 0.2) is 45.4 Å². The third-order valence-electron chi connectivity index (χ3n) is 5.15. The summed E-state index contributed by atoms with van der Waals surface area (Å²) in [4.78, 5) is 13.0. The van der Waals surface area contributed by atoms with Crippen LogP contribution in [0.4, 0.5) is 5.82 Å². The van der Waals surface area contributed by atoms with E-state index in [1.165, 1.54) is 5.56 Å². The molecule has 2 aromatic carbocycles. The van der Waals surface area contributed by atoms with Crippen molar-refractivity contribution in [2.75, 3.05) is 18.5 Å². The van der Waals surface area contributed by atoms with E-state index in [1.807, 2.05) is 39.0 Å². The van der Waals surface area contributed by atoms with Crippen molar-refractivity contribution in [3.63, 3.8) is 0 Å². The third-order valence-corrected chi connectivity index (χ3v) is 5.15. The lowest BCUT2D eigenvalue weighted by molar-refractivity contribution is 0.0997. The van der Waals surface area contributed by atoms with Gasteiger partial charge in [-0.15, -0.1) is 0 Å². The van der Waals surface area contributed by atoms with Gasteiger partial charge in [-0.3, -0.25) is 10.1 Å². The molecule has 0 aliphatic heterocycles. The van der Waals surface area contributed by atoms with E-state index in [1.54, 1.807) is 18.2 Å². The molecule has 0 saturated carbocycles. The first-order valence-corrected chi connectivity index (χ1v) is 10.6. The SMILES string of the molecule is CCOc1ccc(-c2nonc2NC(=O)c2oc3ccc(CC)cc3c2C)cc1OCC. The Morgan fingerprint density at radius 3 is 2.53 bits per heavy atom. The molecule has 166 valence electrons. The van der Waals surface area contributed by atoms with Crippen LogP contribution in [-0.2, 0) is 6.42 Å². The van der Waals surface area contributed by atoms with Gasteiger partial charge in [-0.1, -0.05) is 13.0 Å². The molecule has 0 radical (unpaired) electrons. The molecule has 0 atom stereocenters. The van der Waals surface area contributed by atoms with Gasteiger partial charge >= 0.3 is 0 Å². The number of nitrogens with zero attached hydrogens (tertiary/aromatic N) is 2. The van der Waals surface area contributed by atoms with E-state index in [4.69, 9.17) is 18.5 Å². The van der Waals surface area contributed by atoms with Gasteiger partial charge in [-0.05, 0) is 73.4 Å². The molecule has 4 rings (SSSR count). The van der Waals surface area contributed by atoms with Crippen LogP contribution in [0, 0.1) is 6.92 Å². The van der Waals surface area contributed by atoms with E-state index < -0.39 is 5.91 Å². The second kappa shape index (κ2) is 9.13. The molecule has 0 aliphatic rings. The molecule has 1 N–H and O–H groups in total. The average Bonchev–Trinajstić information content (AvgIpc) is 3.39. The lowest BCUT2D eigenvalue weighted by Gasteiger charge is -2.11. The Morgan fingerprint density at radius 2 is 1.78 bits per heavy atom. The van der Waals surface area contributed by atoms with Crippen LogP contribution < -0.4 is 14.8 Å². The zero-order chi connectivity index (χ0) is 22.7. The molecule has 8 heteroatoms. The smallest absolute Gasteiger partial charge is 0.292 e. The maximum Gasteiger partial charge on any atom is 0.292 e. The fourth-order valence-corrected chi connectivity index (χ4v) is 3.53. The molecule has 1 amide bonds. The van der Waals surface area contributed by atoms with Gasteiger partial charge in [0.15, 0.2) is 23.0 Å². The van der Waals surface area contributed by atoms with Crippen LogP contribution in [0.1, 0.15) is 42.5 Å². The fraction of sp³-hybridized carbons (Fsp3) is 0.292. The fourth-order valence-electron chi connectivity index (χ4n) is 3.53. The first-order chi connectivity index (χ1) is 15.5. The number of carbonyl (C=O) groups is 1. The quantitative estimate of drug-likeness (QED) is 0.395. The Hall–Kier alpha value is -3.81. The predicted molar refractivity (Wildman–Crippen MR) is 120 cm³/mol. The Kier molecular flexibility index (Phi) is 6.11. The minimum atomic E-state index is -0.426. The highest BCUT2D eigenvalue weighted by Gasteiger charge is 2.22. The van der Waals surface area contributed by atoms with Gasteiger partial charge in [0.05, 0.1) is 13.2 Å². The van der Waals surface area contributed by atoms with Gasteiger partial charge in [-0.2, -0.15) is 0 Å². The molecule has 0 fully saturated rings. The van der Waals surface area contributed by atoms with Gasteiger partial charge < -0.3 is 13.9 Å². The van der Waals surface area contributed by atoms with E-state index in [9.17, 15) is 4.79 Å². The van der Waals surface area contributed by atoms with Gasteiger partial charge in [-0.25, -0.2) is 4.63 Å². The van der Waals surface area contributed by atoms with Gasteiger partial charge in [0.25, 0.3) is 5.91 Å². The number of aryl methyl sites for hydroxylation is 2. The number of nitrogens with one attached hydrogen (secondary N) is 1. The number of benzene rings is 2. The van der Waals surface area contributed by atoms with Gasteiger partial charge in [0.1, 0.15) is 5.58 Å². The summed E-state index contributed by atoms with van der Waals surface area (Å²) in [5.74, 6) is 1.20. The summed E-state index contributed by atoms with van der Waals surface area (Å²) >= 11 is 0. The van der Waals surface area contributed by atoms with Crippen molar-refractivity contribution in [2.45, 2.75) is 34.1 Å². The Bertz CT molecular complexity index is 1260. The summed E-state index contributed by atoms with van der Waals surface area (Å²) in [7, 11) is 0. The second-order valence-corrected chi connectivity index (χ2v) is 7.18. The predicted octanol–water partition coefficient (Wildman–Crippen LogP) is 5.40. The van der Waals surface area contributed by atoms with Crippen LogP contribution in [0.2, 0.25) is 0 Å². The zero-order valence-corrected chi connectivity index (χ0v) is 18.5. The maximum atomic E-state index is 13.0. The second-order valence-electron chi connectivity index (χ2n) is 7.18. The van der Waals surface area contributed by atoms with Crippen LogP contribution in [-0.4, -0.2) is 29.4 Å². The highest BCUT2D eigenvalue weighted by Crippen LogP contribution is 2.35. The van der Waals surface area contributed by atoms with Crippen LogP contribution in [0.3, 0.4) is 0 Å². The first kappa shape index (κ1) is 21.4. The van der Waals surface area contributed by atoms with E-state index in [0.29, 0.717) is 41.6 Å².